The molecule has 1 rings (SSSR count). The zero-order valence-corrected chi connectivity index (χ0v) is 11.5. The molecule has 0 fully saturated rings. The van der Waals surface area contributed by atoms with Crippen LogP contribution in [-0.2, 0) is 4.79 Å². The third-order valence-electron chi connectivity index (χ3n) is 2.07. The molecule has 0 bridgehead atoms. The number of allylic oxidation sites excluding steroid dienone is 2. The Morgan fingerprint density at radius 2 is 2.05 bits per heavy atom. The van der Waals surface area contributed by atoms with Crippen molar-refractivity contribution in [2.24, 2.45) is 5.10 Å². The fraction of sp³-hybridized carbons (Fsp3) is 0.333. The van der Waals surface area contributed by atoms with Gasteiger partial charge < -0.3 is 5.01 Å². The van der Waals surface area contributed by atoms with E-state index in [2.05, 4.69) is 5.10 Å². The van der Waals surface area contributed by atoms with Crippen LogP contribution in [-0.4, -0.2) is 36.8 Å². The number of halogens is 3. The van der Waals surface area contributed by atoms with Gasteiger partial charge in [-0.05, 0) is 18.4 Å². The van der Waals surface area contributed by atoms with Crippen LogP contribution in [0.15, 0.2) is 28.7 Å². The highest BCUT2D eigenvalue weighted by molar-refractivity contribution is 7.11. The van der Waals surface area contributed by atoms with Gasteiger partial charge in [0.2, 0.25) is 5.78 Å². The van der Waals surface area contributed by atoms with E-state index in [-0.39, 0.29) is 10.6 Å². The maximum absolute atomic E-state index is 12.9. The zero-order chi connectivity index (χ0) is 14.6. The molecule has 0 aliphatic heterocycles. The van der Waals surface area contributed by atoms with Crippen molar-refractivity contribution in [3.05, 3.63) is 28.5 Å². The van der Waals surface area contributed by atoms with Gasteiger partial charge in [0, 0.05) is 25.0 Å². The van der Waals surface area contributed by atoms with Crippen LogP contribution in [0.1, 0.15) is 11.8 Å². The number of carbonyl (C=O) groups is 1. The fourth-order valence-electron chi connectivity index (χ4n) is 1.31. The molecule has 0 spiro atoms. The first-order valence-corrected chi connectivity index (χ1v) is 6.19. The van der Waals surface area contributed by atoms with Crippen LogP contribution in [0, 0.1) is 0 Å². The molecule has 1 aromatic rings. The summed E-state index contributed by atoms with van der Waals surface area (Å²) in [5.74, 6) is -0.755. The molecule has 0 saturated carbocycles. The summed E-state index contributed by atoms with van der Waals surface area (Å²) < 4.78 is 38.7. The second kappa shape index (κ2) is 6.01. The van der Waals surface area contributed by atoms with Crippen LogP contribution in [0.25, 0.3) is 5.57 Å². The van der Waals surface area contributed by atoms with Crippen molar-refractivity contribution in [1.29, 1.82) is 0 Å². The van der Waals surface area contributed by atoms with Gasteiger partial charge in [0.15, 0.2) is 0 Å². The summed E-state index contributed by atoms with van der Waals surface area (Å²) in [4.78, 5) is 11.7. The van der Waals surface area contributed by atoms with Crippen LogP contribution in [0.5, 0.6) is 0 Å². The van der Waals surface area contributed by atoms with Crippen molar-refractivity contribution in [2.45, 2.75) is 13.1 Å². The molecule has 0 N–H and O–H groups in total. The average Bonchev–Trinajstić information content (AvgIpc) is 2.75. The van der Waals surface area contributed by atoms with Gasteiger partial charge in [-0.1, -0.05) is 6.07 Å². The lowest BCUT2D eigenvalue weighted by Gasteiger charge is -2.10. The summed E-state index contributed by atoms with van der Waals surface area (Å²) in [5, 5.41) is 6.67. The first-order valence-electron chi connectivity index (χ1n) is 5.31. The van der Waals surface area contributed by atoms with Crippen molar-refractivity contribution in [3.63, 3.8) is 0 Å². The zero-order valence-electron chi connectivity index (χ0n) is 10.7. The van der Waals surface area contributed by atoms with E-state index < -0.39 is 17.5 Å². The standard InChI is InChI=1S/C12H13F3N2OS/c1-8(16-17(2)3)10(18)7-9(12(13,14)15)11-5-4-6-19-11/h4-7H,1-3H3/b9-7+,16-8+. The fourth-order valence-corrected chi connectivity index (χ4v) is 2.07. The highest BCUT2D eigenvalue weighted by Gasteiger charge is 2.36. The predicted octanol–water partition coefficient (Wildman–Crippen LogP) is 3.20. The molecule has 0 aliphatic carbocycles. The Bertz CT molecular complexity index is 502. The van der Waals surface area contributed by atoms with E-state index in [4.69, 9.17) is 0 Å². The maximum atomic E-state index is 12.9. The maximum Gasteiger partial charge on any atom is 0.417 e. The lowest BCUT2D eigenvalue weighted by molar-refractivity contribution is -0.109. The Hall–Kier alpha value is -1.63. The van der Waals surface area contributed by atoms with Gasteiger partial charge in [0.05, 0.1) is 5.57 Å². The second-order valence-corrected chi connectivity index (χ2v) is 4.88. The van der Waals surface area contributed by atoms with Crippen LogP contribution < -0.4 is 0 Å². The molecule has 0 amide bonds. The van der Waals surface area contributed by atoms with E-state index in [0.717, 1.165) is 11.3 Å². The summed E-state index contributed by atoms with van der Waals surface area (Å²) in [6, 6.07) is 2.83. The van der Waals surface area contributed by atoms with Gasteiger partial charge in [-0.3, -0.25) is 4.79 Å². The number of nitrogens with zero attached hydrogens (tertiary/aromatic N) is 2. The molecule has 1 aromatic heterocycles. The number of rotatable bonds is 4. The van der Waals surface area contributed by atoms with Gasteiger partial charge in [0.25, 0.3) is 0 Å². The molecule has 0 aromatic carbocycles. The minimum absolute atomic E-state index is 0.00306. The largest absolute Gasteiger partial charge is 0.417 e. The lowest BCUT2D eigenvalue weighted by atomic mass is 10.1. The molecule has 7 heteroatoms. The summed E-state index contributed by atoms with van der Waals surface area (Å²) in [6.07, 6.45) is -3.98. The SMILES string of the molecule is C/C(=N\N(C)C)C(=O)/C=C(\c1cccs1)C(F)(F)F. The predicted molar refractivity (Wildman–Crippen MR) is 70.2 cm³/mol. The Morgan fingerprint density at radius 1 is 1.42 bits per heavy atom. The summed E-state index contributed by atoms with van der Waals surface area (Å²) in [5.41, 5.74) is -0.941. The molecule has 0 atom stereocenters. The first kappa shape index (κ1) is 15.4. The van der Waals surface area contributed by atoms with Gasteiger partial charge in [0.1, 0.15) is 5.71 Å². The molecular weight excluding hydrogens is 277 g/mol. The normalized spacial score (nSPS) is 13.6. The van der Waals surface area contributed by atoms with Crippen molar-refractivity contribution in [1.82, 2.24) is 5.01 Å². The van der Waals surface area contributed by atoms with Gasteiger partial charge in [-0.2, -0.15) is 18.3 Å². The minimum Gasteiger partial charge on any atom is -0.303 e. The van der Waals surface area contributed by atoms with E-state index >= 15 is 0 Å². The number of hydrazone groups is 1. The smallest absolute Gasteiger partial charge is 0.303 e. The van der Waals surface area contributed by atoms with Crippen molar-refractivity contribution >= 4 is 28.4 Å². The third-order valence-corrected chi connectivity index (χ3v) is 2.98. The van der Waals surface area contributed by atoms with E-state index in [1.54, 1.807) is 14.1 Å². The van der Waals surface area contributed by atoms with E-state index in [0.29, 0.717) is 6.08 Å². The van der Waals surface area contributed by atoms with Crippen LogP contribution in [0.2, 0.25) is 0 Å². The lowest BCUT2D eigenvalue weighted by Crippen LogP contribution is -2.17. The molecule has 0 saturated heterocycles. The molecule has 0 radical (unpaired) electrons. The molecule has 0 aliphatic rings. The number of ketones is 1. The number of hydrogen-bond donors (Lipinski definition) is 0. The Kier molecular flexibility index (Phi) is 4.88. The first-order chi connectivity index (χ1) is 8.71. The number of hydrogen-bond acceptors (Lipinski definition) is 4. The number of carbonyl (C=O) groups excluding carboxylic acids is 1. The Balaban J connectivity index is 3.13. The molecule has 1 heterocycles. The molecule has 104 valence electrons. The van der Waals surface area contributed by atoms with Crippen LogP contribution >= 0.6 is 11.3 Å². The highest BCUT2D eigenvalue weighted by atomic mass is 32.1. The monoisotopic (exact) mass is 290 g/mol. The van der Waals surface area contributed by atoms with Crippen molar-refractivity contribution < 1.29 is 18.0 Å². The molecule has 3 nitrogen and oxygen atoms in total. The van der Waals surface area contributed by atoms with Crippen molar-refractivity contribution in [3.8, 4) is 0 Å². The van der Waals surface area contributed by atoms with Crippen molar-refractivity contribution in [2.75, 3.05) is 14.1 Å². The average molecular weight is 290 g/mol. The van der Waals surface area contributed by atoms with Gasteiger partial charge in [-0.25, -0.2) is 0 Å². The minimum atomic E-state index is -4.57. The Morgan fingerprint density at radius 3 is 2.47 bits per heavy atom. The Labute approximate surface area is 113 Å². The second-order valence-electron chi connectivity index (χ2n) is 3.93. The van der Waals surface area contributed by atoms with E-state index in [1.807, 2.05) is 0 Å². The quantitative estimate of drug-likeness (QED) is 0.484. The highest BCUT2D eigenvalue weighted by Crippen LogP contribution is 2.35. The third kappa shape index (κ3) is 4.51. The topological polar surface area (TPSA) is 32.7 Å². The molecule has 0 unspecified atom stereocenters. The van der Waals surface area contributed by atoms with Crippen LogP contribution in [0.4, 0.5) is 13.2 Å². The molecular formula is C12H13F3N2OS. The van der Waals surface area contributed by atoms with E-state index in [9.17, 15) is 18.0 Å². The summed E-state index contributed by atoms with van der Waals surface area (Å²) in [7, 11) is 3.18. The van der Waals surface area contributed by atoms with E-state index in [1.165, 1.54) is 29.4 Å². The molecule has 19 heavy (non-hydrogen) atoms. The van der Waals surface area contributed by atoms with Gasteiger partial charge in [-0.15, -0.1) is 11.3 Å². The van der Waals surface area contributed by atoms with Gasteiger partial charge >= 0.3 is 6.18 Å². The summed E-state index contributed by atoms with van der Waals surface area (Å²) in [6.45, 7) is 1.38. The van der Waals surface area contributed by atoms with Crippen LogP contribution in [0.3, 0.4) is 0 Å². The summed E-state index contributed by atoms with van der Waals surface area (Å²) >= 11 is 0.935. The number of alkyl halides is 3. The number of thiophene rings is 1.